The quantitative estimate of drug-likeness (QED) is 0.734. The molecule has 0 amide bonds. The third-order valence-electron chi connectivity index (χ3n) is 2.59. The lowest BCUT2D eigenvalue weighted by Crippen LogP contribution is -2.00. The predicted molar refractivity (Wildman–Crippen MR) is 63.6 cm³/mol. The molecule has 0 aliphatic rings. The molecule has 3 rings (SSSR count). The molecule has 3 aromatic heterocycles. The van der Waals surface area contributed by atoms with E-state index in [1.807, 2.05) is 6.07 Å². The maximum Gasteiger partial charge on any atom is 0.338 e. The van der Waals surface area contributed by atoms with E-state index in [0.717, 1.165) is 0 Å². The number of carboxylic acids is 1. The molecule has 0 atom stereocenters. The average molecular weight is 240 g/mol. The maximum atomic E-state index is 11.1. The van der Waals surface area contributed by atoms with Crippen molar-refractivity contribution >= 4 is 16.9 Å². The van der Waals surface area contributed by atoms with Crippen LogP contribution < -0.4 is 0 Å². The SMILES string of the molecule is O=C(O)c1cncc2c1cnn2-c1ccccn1. The molecule has 0 unspecified atom stereocenters. The number of aromatic carboxylic acids is 1. The molecule has 6 nitrogen and oxygen atoms in total. The maximum absolute atomic E-state index is 11.1. The summed E-state index contributed by atoms with van der Waals surface area (Å²) in [5.41, 5.74) is 0.753. The van der Waals surface area contributed by atoms with Gasteiger partial charge in [0, 0.05) is 17.8 Å². The Bertz CT molecular complexity index is 721. The molecular formula is C12H8N4O2. The number of carboxylic acid groups (broad SMARTS) is 1. The van der Waals surface area contributed by atoms with Gasteiger partial charge in [0.25, 0.3) is 0 Å². The van der Waals surface area contributed by atoms with Gasteiger partial charge in [0.05, 0.1) is 23.5 Å². The second-order valence-electron chi connectivity index (χ2n) is 3.67. The van der Waals surface area contributed by atoms with E-state index in [4.69, 9.17) is 5.11 Å². The minimum Gasteiger partial charge on any atom is -0.478 e. The molecule has 0 saturated heterocycles. The summed E-state index contributed by atoms with van der Waals surface area (Å²) in [6.07, 6.45) is 6.05. The van der Waals surface area contributed by atoms with Crippen LogP contribution in [0.5, 0.6) is 0 Å². The first kappa shape index (κ1) is 10.4. The smallest absolute Gasteiger partial charge is 0.338 e. The lowest BCUT2D eigenvalue weighted by Gasteiger charge is -2.01. The van der Waals surface area contributed by atoms with Gasteiger partial charge in [-0.1, -0.05) is 6.07 Å². The number of fused-ring (bicyclic) bond motifs is 1. The standard InChI is InChI=1S/C12H8N4O2/c17-12(18)9-5-13-7-10-8(9)6-15-16(10)11-3-1-2-4-14-11/h1-7H,(H,17,18). The van der Waals surface area contributed by atoms with E-state index < -0.39 is 5.97 Å². The molecule has 3 aromatic rings. The largest absolute Gasteiger partial charge is 0.478 e. The Balaban J connectivity index is 2.28. The Morgan fingerprint density at radius 1 is 1.22 bits per heavy atom. The average Bonchev–Trinajstić information content (AvgIpc) is 2.83. The van der Waals surface area contributed by atoms with Gasteiger partial charge in [-0.3, -0.25) is 4.98 Å². The van der Waals surface area contributed by atoms with Crippen molar-refractivity contribution in [1.82, 2.24) is 19.7 Å². The molecule has 0 aliphatic heterocycles. The molecular weight excluding hydrogens is 232 g/mol. The number of hydrogen-bond acceptors (Lipinski definition) is 4. The van der Waals surface area contributed by atoms with Crippen LogP contribution in [0.2, 0.25) is 0 Å². The van der Waals surface area contributed by atoms with E-state index in [1.165, 1.54) is 12.4 Å². The van der Waals surface area contributed by atoms with E-state index in [2.05, 4.69) is 15.1 Å². The fourth-order valence-electron chi connectivity index (χ4n) is 1.77. The van der Waals surface area contributed by atoms with E-state index in [1.54, 1.807) is 29.2 Å². The van der Waals surface area contributed by atoms with E-state index in [9.17, 15) is 4.79 Å². The molecule has 0 aliphatic carbocycles. The first-order valence-corrected chi connectivity index (χ1v) is 5.24. The highest BCUT2D eigenvalue weighted by molar-refractivity contribution is 6.02. The summed E-state index contributed by atoms with van der Waals surface area (Å²) in [4.78, 5) is 19.2. The molecule has 0 fully saturated rings. The molecule has 6 heteroatoms. The van der Waals surface area contributed by atoms with Crippen molar-refractivity contribution < 1.29 is 9.90 Å². The third kappa shape index (κ3) is 1.51. The zero-order valence-electron chi connectivity index (χ0n) is 9.19. The predicted octanol–water partition coefficient (Wildman–Crippen LogP) is 1.51. The van der Waals surface area contributed by atoms with E-state index in [-0.39, 0.29) is 5.56 Å². The van der Waals surface area contributed by atoms with Crippen molar-refractivity contribution in [1.29, 1.82) is 0 Å². The normalized spacial score (nSPS) is 10.7. The number of nitrogens with zero attached hydrogens (tertiary/aromatic N) is 4. The molecule has 3 heterocycles. The first-order chi connectivity index (χ1) is 8.77. The van der Waals surface area contributed by atoms with Crippen LogP contribution in [0.1, 0.15) is 10.4 Å². The number of rotatable bonds is 2. The van der Waals surface area contributed by atoms with E-state index >= 15 is 0 Å². The van der Waals surface area contributed by atoms with Gasteiger partial charge < -0.3 is 5.11 Å². The summed E-state index contributed by atoms with van der Waals surface area (Å²) in [7, 11) is 0. The highest BCUT2D eigenvalue weighted by Gasteiger charge is 2.13. The van der Waals surface area contributed by atoms with Crippen LogP contribution >= 0.6 is 0 Å². The first-order valence-electron chi connectivity index (χ1n) is 5.24. The fraction of sp³-hybridized carbons (Fsp3) is 0. The highest BCUT2D eigenvalue weighted by atomic mass is 16.4. The van der Waals surface area contributed by atoms with Crippen LogP contribution in [-0.4, -0.2) is 30.8 Å². The van der Waals surface area contributed by atoms with Gasteiger partial charge in [-0.05, 0) is 12.1 Å². The fourth-order valence-corrected chi connectivity index (χ4v) is 1.77. The zero-order chi connectivity index (χ0) is 12.5. The lowest BCUT2D eigenvalue weighted by atomic mass is 10.2. The van der Waals surface area contributed by atoms with Crippen LogP contribution in [-0.2, 0) is 0 Å². The van der Waals surface area contributed by atoms with Crippen LogP contribution in [0.3, 0.4) is 0 Å². The minimum absolute atomic E-state index is 0.134. The molecule has 0 spiro atoms. The number of aromatic nitrogens is 4. The Kier molecular flexibility index (Phi) is 2.26. The summed E-state index contributed by atoms with van der Waals surface area (Å²) < 4.78 is 1.56. The van der Waals surface area contributed by atoms with Crippen molar-refractivity contribution in [2.75, 3.05) is 0 Å². The van der Waals surface area contributed by atoms with Gasteiger partial charge in [0.2, 0.25) is 0 Å². The van der Waals surface area contributed by atoms with Crippen molar-refractivity contribution in [3.8, 4) is 5.82 Å². The van der Waals surface area contributed by atoms with Crippen molar-refractivity contribution in [3.05, 3.63) is 48.5 Å². The molecule has 18 heavy (non-hydrogen) atoms. The zero-order valence-corrected chi connectivity index (χ0v) is 9.19. The Morgan fingerprint density at radius 2 is 2.11 bits per heavy atom. The molecule has 0 radical (unpaired) electrons. The Hall–Kier alpha value is -2.76. The molecule has 0 saturated carbocycles. The van der Waals surface area contributed by atoms with Crippen molar-refractivity contribution in [2.45, 2.75) is 0 Å². The van der Waals surface area contributed by atoms with Gasteiger partial charge in [0.15, 0.2) is 5.82 Å². The van der Waals surface area contributed by atoms with Crippen LogP contribution in [0, 0.1) is 0 Å². The summed E-state index contributed by atoms with van der Waals surface area (Å²) in [6.45, 7) is 0. The number of hydrogen-bond donors (Lipinski definition) is 1. The molecule has 88 valence electrons. The Labute approximate surface area is 102 Å². The van der Waals surface area contributed by atoms with Gasteiger partial charge in [0.1, 0.15) is 0 Å². The van der Waals surface area contributed by atoms with Gasteiger partial charge >= 0.3 is 5.97 Å². The van der Waals surface area contributed by atoms with Gasteiger partial charge in [-0.15, -0.1) is 0 Å². The molecule has 0 aromatic carbocycles. The van der Waals surface area contributed by atoms with Crippen molar-refractivity contribution in [3.63, 3.8) is 0 Å². The van der Waals surface area contributed by atoms with Crippen molar-refractivity contribution in [2.24, 2.45) is 0 Å². The van der Waals surface area contributed by atoms with E-state index in [0.29, 0.717) is 16.7 Å². The second-order valence-corrected chi connectivity index (χ2v) is 3.67. The minimum atomic E-state index is -1.02. The number of carbonyl (C=O) groups is 1. The summed E-state index contributed by atoms with van der Waals surface area (Å²) >= 11 is 0. The second kappa shape index (κ2) is 3.92. The summed E-state index contributed by atoms with van der Waals surface area (Å²) in [6, 6.07) is 5.43. The molecule has 0 bridgehead atoms. The third-order valence-corrected chi connectivity index (χ3v) is 2.59. The topological polar surface area (TPSA) is 80.9 Å². The van der Waals surface area contributed by atoms with Gasteiger partial charge in [-0.2, -0.15) is 5.10 Å². The summed E-state index contributed by atoms with van der Waals surface area (Å²) in [5.74, 6) is -0.398. The Morgan fingerprint density at radius 3 is 2.83 bits per heavy atom. The van der Waals surface area contributed by atoms with Crippen LogP contribution in [0.25, 0.3) is 16.7 Å². The monoisotopic (exact) mass is 240 g/mol. The highest BCUT2D eigenvalue weighted by Crippen LogP contribution is 2.19. The van der Waals surface area contributed by atoms with Gasteiger partial charge in [-0.25, -0.2) is 14.5 Å². The van der Waals surface area contributed by atoms with Crippen LogP contribution in [0.4, 0.5) is 0 Å². The summed E-state index contributed by atoms with van der Waals surface area (Å²) in [5, 5.41) is 13.8. The lowest BCUT2D eigenvalue weighted by molar-refractivity contribution is 0.0698. The molecule has 1 N–H and O–H groups in total. The number of pyridine rings is 2. The van der Waals surface area contributed by atoms with Crippen LogP contribution in [0.15, 0.2) is 43.0 Å².